The zero-order chi connectivity index (χ0) is 18.0. The van der Waals surface area contributed by atoms with Crippen molar-refractivity contribution in [3.8, 4) is 0 Å². The van der Waals surface area contributed by atoms with Gasteiger partial charge in [-0.05, 0) is 25.7 Å². The summed E-state index contributed by atoms with van der Waals surface area (Å²) in [7, 11) is 0. The molecule has 1 aromatic rings. The molecule has 1 aromatic heterocycles. The predicted octanol–water partition coefficient (Wildman–Crippen LogP) is 2.11. The topological polar surface area (TPSA) is 58.4 Å². The molecule has 2 saturated heterocycles. The molecule has 0 aromatic carbocycles. The van der Waals surface area contributed by atoms with Gasteiger partial charge in [0, 0.05) is 57.5 Å². The molecular formula is C19H30N4O2. The summed E-state index contributed by atoms with van der Waals surface area (Å²) in [6.07, 6.45) is 6.19. The summed E-state index contributed by atoms with van der Waals surface area (Å²) >= 11 is 0. The minimum Gasteiger partial charge on any atom is -0.342 e. The number of aromatic nitrogens is 2. The van der Waals surface area contributed by atoms with E-state index in [4.69, 9.17) is 0 Å². The van der Waals surface area contributed by atoms with E-state index in [9.17, 15) is 9.59 Å². The largest absolute Gasteiger partial charge is 0.342 e. The number of imidazole rings is 1. The number of nitrogens with zero attached hydrogens (tertiary/aromatic N) is 4. The maximum Gasteiger partial charge on any atom is 0.227 e. The van der Waals surface area contributed by atoms with Crippen molar-refractivity contribution in [1.82, 2.24) is 19.4 Å². The number of likely N-dealkylation sites (tertiary alicyclic amines) is 2. The Labute approximate surface area is 150 Å². The zero-order valence-electron chi connectivity index (χ0n) is 15.6. The average Bonchev–Trinajstić information content (AvgIpc) is 3.21. The lowest BCUT2D eigenvalue weighted by atomic mass is 9.94. The van der Waals surface area contributed by atoms with Crippen LogP contribution >= 0.6 is 0 Å². The second-order valence-electron chi connectivity index (χ2n) is 7.76. The third-order valence-corrected chi connectivity index (χ3v) is 5.41. The van der Waals surface area contributed by atoms with Crippen molar-refractivity contribution in [2.24, 2.45) is 11.8 Å². The number of amides is 2. The van der Waals surface area contributed by atoms with Crippen molar-refractivity contribution in [3.63, 3.8) is 0 Å². The Hall–Kier alpha value is -1.85. The number of aryl methyl sites for hydroxylation is 1. The normalized spacial score (nSPS) is 22.2. The van der Waals surface area contributed by atoms with Crippen LogP contribution in [0.5, 0.6) is 0 Å². The quantitative estimate of drug-likeness (QED) is 0.820. The van der Waals surface area contributed by atoms with Crippen LogP contribution < -0.4 is 0 Å². The van der Waals surface area contributed by atoms with Gasteiger partial charge < -0.3 is 14.4 Å². The van der Waals surface area contributed by atoms with Crippen molar-refractivity contribution in [1.29, 1.82) is 0 Å². The summed E-state index contributed by atoms with van der Waals surface area (Å²) < 4.78 is 2.20. The Bertz CT molecular complexity index is 617. The fourth-order valence-corrected chi connectivity index (χ4v) is 4.12. The molecule has 1 atom stereocenters. The van der Waals surface area contributed by atoms with Crippen LogP contribution in [0.4, 0.5) is 0 Å². The smallest absolute Gasteiger partial charge is 0.227 e. The second-order valence-corrected chi connectivity index (χ2v) is 7.76. The average molecular weight is 346 g/mol. The van der Waals surface area contributed by atoms with Crippen LogP contribution in [-0.2, 0) is 16.1 Å². The van der Waals surface area contributed by atoms with E-state index in [1.54, 1.807) is 0 Å². The highest BCUT2D eigenvalue weighted by Crippen LogP contribution is 2.29. The van der Waals surface area contributed by atoms with Gasteiger partial charge in [-0.2, -0.15) is 0 Å². The van der Waals surface area contributed by atoms with Crippen molar-refractivity contribution < 1.29 is 9.59 Å². The van der Waals surface area contributed by atoms with Crippen LogP contribution in [0.15, 0.2) is 12.4 Å². The van der Waals surface area contributed by atoms with Crippen molar-refractivity contribution in [2.45, 2.75) is 52.5 Å². The Morgan fingerprint density at radius 2 is 2.04 bits per heavy atom. The van der Waals surface area contributed by atoms with E-state index in [0.29, 0.717) is 24.8 Å². The van der Waals surface area contributed by atoms with E-state index >= 15 is 0 Å². The summed E-state index contributed by atoms with van der Waals surface area (Å²) in [5, 5.41) is 0. The highest BCUT2D eigenvalue weighted by Gasteiger charge is 2.37. The monoisotopic (exact) mass is 346 g/mol. The Balaban J connectivity index is 1.54. The molecule has 2 amide bonds. The fraction of sp³-hybridized carbons (Fsp3) is 0.737. The molecule has 3 rings (SSSR count). The second kappa shape index (κ2) is 7.58. The van der Waals surface area contributed by atoms with Crippen LogP contribution in [-0.4, -0.2) is 57.3 Å². The van der Waals surface area contributed by atoms with E-state index in [0.717, 1.165) is 44.8 Å². The minimum atomic E-state index is -0.152. The van der Waals surface area contributed by atoms with E-state index in [2.05, 4.69) is 30.3 Å². The number of carbonyl (C=O) groups is 2. The molecule has 0 spiro atoms. The summed E-state index contributed by atoms with van der Waals surface area (Å²) in [6.45, 7) is 10.2. The van der Waals surface area contributed by atoms with Gasteiger partial charge in [-0.25, -0.2) is 4.98 Å². The number of rotatable bonds is 5. The van der Waals surface area contributed by atoms with E-state index < -0.39 is 0 Å². The summed E-state index contributed by atoms with van der Waals surface area (Å²) in [6, 6.07) is 0. The molecule has 25 heavy (non-hydrogen) atoms. The molecule has 6 nitrogen and oxygen atoms in total. The van der Waals surface area contributed by atoms with E-state index in [1.165, 1.54) is 0 Å². The van der Waals surface area contributed by atoms with Gasteiger partial charge in [-0.1, -0.05) is 13.8 Å². The molecule has 2 aliphatic heterocycles. The molecule has 138 valence electrons. The summed E-state index contributed by atoms with van der Waals surface area (Å²) in [4.78, 5) is 33.3. The lowest BCUT2D eigenvalue weighted by Crippen LogP contribution is -2.42. The molecule has 6 heteroatoms. The van der Waals surface area contributed by atoms with Gasteiger partial charge >= 0.3 is 0 Å². The number of hydrogen-bond donors (Lipinski definition) is 0. The Kier molecular flexibility index (Phi) is 5.45. The molecule has 0 radical (unpaired) electrons. The molecule has 0 aliphatic carbocycles. The predicted molar refractivity (Wildman–Crippen MR) is 96.0 cm³/mol. The zero-order valence-corrected chi connectivity index (χ0v) is 15.6. The molecule has 2 fully saturated rings. The van der Waals surface area contributed by atoms with Gasteiger partial charge in [0.25, 0.3) is 0 Å². The van der Waals surface area contributed by atoms with Gasteiger partial charge in [-0.3, -0.25) is 9.59 Å². The summed E-state index contributed by atoms with van der Waals surface area (Å²) in [5.74, 6) is 2.16. The first-order valence-corrected chi connectivity index (χ1v) is 9.57. The molecule has 3 heterocycles. The van der Waals surface area contributed by atoms with Gasteiger partial charge in [0.1, 0.15) is 5.82 Å². The van der Waals surface area contributed by atoms with Crippen LogP contribution in [0, 0.1) is 11.8 Å². The lowest BCUT2D eigenvalue weighted by Gasteiger charge is -2.33. The number of carbonyl (C=O) groups excluding carboxylic acids is 2. The third-order valence-electron chi connectivity index (χ3n) is 5.41. The van der Waals surface area contributed by atoms with Gasteiger partial charge in [0.15, 0.2) is 0 Å². The van der Waals surface area contributed by atoms with E-state index in [1.807, 2.05) is 22.2 Å². The van der Waals surface area contributed by atoms with Crippen LogP contribution in [0.25, 0.3) is 0 Å². The highest BCUT2D eigenvalue weighted by atomic mass is 16.2. The lowest BCUT2D eigenvalue weighted by molar-refractivity contribution is -0.136. The first-order chi connectivity index (χ1) is 12.0. The molecule has 0 bridgehead atoms. The number of hydrogen-bond acceptors (Lipinski definition) is 3. The molecule has 2 aliphatic rings. The minimum absolute atomic E-state index is 0.131. The van der Waals surface area contributed by atoms with Crippen LogP contribution in [0.2, 0.25) is 0 Å². The van der Waals surface area contributed by atoms with Crippen molar-refractivity contribution in [2.75, 3.05) is 26.2 Å². The molecular weight excluding hydrogens is 316 g/mol. The first kappa shape index (κ1) is 18.0. The third kappa shape index (κ3) is 3.88. The SMILES string of the molecule is CCn1ccnc1C1CCN(C(=O)C2CC(=O)N(CC(C)C)C2)CC1. The molecule has 0 saturated carbocycles. The maximum atomic E-state index is 12.8. The summed E-state index contributed by atoms with van der Waals surface area (Å²) in [5.41, 5.74) is 0. The number of piperidine rings is 1. The van der Waals surface area contributed by atoms with Gasteiger partial charge in [0.05, 0.1) is 5.92 Å². The Morgan fingerprint density at radius 3 is 2.68 bits per heavy atom. The van der Waals surface area contributed by atoms with Crippen molar-refractivity contribution in [3.05, 3.63) is 18.2 Å². The van der Waals surface area contributed by atoms with Gasteiger partial charge in [0.2, 0.25) is 11.8 Å². The fourth-order valence-electron chi connectivity index (χ4n) is 4.12. The standard InChI is InChI=1S/C19H30N4O2/c1-4-21-10-7-20-18(21)15-5-8-22(9-6-15)19(25)16-11-17(24)23(13-16)12-14(2)3/h7,10,14-16H,4-6,8-9,11-13H2,1-3H3. The van der Waals surface area contributed by atoms with Gasteiger partial charge in [-0.15, -0.1) is 0 Å². The first-order valence-electron chi connectivity index (χ1n) is 9.57. The van der Waals surface area contributed by atoms with Crippen LogP contribution in [0.3, 0.4) is 0 Å². The van der Waals surface area contributed by atoms with Crippen LogP contribution in [0.1, 0.15) is 51.8 Å². The highest BCUT2D eigenvalue weighted by molar-refractivity contribution is 5.89. The van der Waals surface area contributed by atoms with Crippen molar-refractivity contribution >= 4 is 11.8 Å². The molecule has 0 N–H and O–H groups in total. The molecule has 1 unspecified atom stereocenters. The Morgan fingerprint density at radius 1 is 1.32 bits per heavy atom. The maximum absolute atomic E-state index is 12.8. The van der Waals surface area contributed by atoms with E-state index in [-0.39, 0.29) is 17.7 Å².